The predicted molar refractivity (Wildman–Crippen MR) is 58.2 cm³/mol. The number of benzene rings is 1. The number of aliphatic hydroxyl groups is 1. The second kappa shape index (κ2) is 5.47. The maximum absolute atomic E-state index is 11.5. The zero-order chi connectivity index (χ0) is 12.8. The summed E-state index contributed by atoms with van der Waals surface area (Å²) < 4.78 is 4.23. The van der Waals surface area contributed by atoms with E-state index >= 15 is 0 Å². The monoisotopic (exact) mass is 231 g/mol. The van der Waals surface area contributed by atoms with Crippen molar-refractivity contribution in [3.8, 4) is 6.07 Å². The molecule has 1 aromatic rings. The van der Waals surface area contributed by atoms with E-state index in [1.165, 1.54) is 24.3 Å². The van der Waals surface area contributed by atoms with E-state index in [2.05, 4.69) is 4.74 Å². The lowest BCUT2D eigenvalue weighted by Gasteiger charge is -1.98. The Bertz CT molecular complexity index is 508. The molecular weight excluding hydrogens is 222 g/mol. The Labute approximate surface area is 97.6 Å². The van der Waals surface area contributed by atoms with Gasteiger partial charge in [-0.05, 0) is 24.3 Å². The lowest BCUT2D eigenvalue weighted by atomic mass is 10.1. The molecule has 5 nitrogen and oxygen atoms in total. The van der Waals surface area contributed by atoms with Gasteiger partial charge in [0.25, 0.3) is 0 Å². The molecule has 0 radical (unpaired) electrons. The Morgan fingerprint density at radius 1 is 1.35 bits per heavy atom. The Morgan fingerprint density at radius 3 is 2.41 bits per heavy atom. The normalized spacial score (nSPS) is 10.5. The number of hydrogen-bond donors (Lipinski definition) is 1. The van der Waals surface area contributed by atoms with E-state index in [1.807, 2.05) is 6.07 Å². The van der Waals surface area contributed by atoms with Crippen LogP contribution in [0.15, 0.2) is 36.1 Å². The number of aliphatic hydroxyl groups excluding tert-OH is 1. The van der Waals surface area contributed by atoms with E-state index in [1.54, 1.807) is 0 Å². The van der Waals surface area contributed by atoms with E-state index in [-0.39, 0.29) is 5.56 Å². The largest absolute Gasteiger partial charge is 0.502 e. The van der Waals surface area contributed by atoms with E-state index in [0.29, 0.717) is 5.56 Å². The van der Waals surface area contributed by atoms with E-state index in [0.717, 1.165) is 13.2 Å². The fraction of sp³-hybridized carbons (Fsp3) is 0.0833. The molecule has 0 fully saturated rings. The maximum atomic E-state index is 11.5. The van der Waals surface area contributed by atoms with Crippen LogP contribution >= 0.6 is 0 Å². The zero-order valence-electron chi connectivity index (χ0n) is 9.01. The molecule has 0 aliphatic heterocycles. The topological polar surface area (TPSA) is 87.4 Å². The number of carbonyl (C=O) groups is 2. The summed E-state index contributed by atoms with van der Waals surface area (Å²) in [7, 11) is 1.10. The molecule has 0 unspecified atom stereocenters. The third kappa shape index (κ3) is 3.18. The average molecular weight is 231 g/mol. The SMILES string of the molecule is COC(=O)C(O)=CC(=O)c1ccc(C#N)cc1. The van der Waals surface area contributed by atoms with Gasteiger partial charge >= 0.3 is 5.97 Å². The van der Waals surface area contributed by atoms with Gasteiger partial charge in [-0.3, -0.25) is 4.79 Å². The summed E-state index contributed by atoms with van der Waals surface area (Å²) in [6, 6.07) is 7.71. The molecule has 0 bridgehead atoms. The number of rotatable bonds is 3. The van der Waals surface area contributed by atoms with E-state index < -0.39 is 17.5 Å². The molecule has 0 amide bonds. The van der Waals surface area contributed by atoms with Crippen molar-refractivity contribution in [3.63, 3.8) is 0 Å². The van der Waals surface area contributed by atoms with Gasteiger partial charge in [-0.1, -0.05) is 0 Å². The molecule has 17 heavy (non-hydrogen) atoms. The molecule has 0 atom stereocenters. The van der Waals surface area contributed by atoms with Crippen molar-refractivity contribution in [2.24, 2.45) is 0 Å². The van der Waals surface area contributed by atoms with Crippen LogP contribution in [-0.4, -0.2) is 24.0 Å². The van der Waals surface area contributed by atoms with Crippen molar-refractivity contribution in [2.45, 2.75) is 0 Å². The average Bonchev–Trinajstić information content (AvgIpc) is 2.37. The quantitative estimate of drug-likeness (QED) is 0.367. The van der Waals surface area contributed by atoms with Gasteiger partial charge in [0.15, 0.2) is 5.78 Å². The molecule has 1 N–H and O–H groups in total. The zero-order valence-corrected chi connectivity index (χ0v) is 9.01. The van der Waals surface area contributed by atoms with Gasteiger partial charge in [0.05, 0.1) is 18.7 Å². The van der Waals surface area contributed by atoms with Crippen LogP contribution in [0.3, 0.4) is 0 Å². The Kier molecular flexibility index (Phi) is 4.01. The number of nitrogens with zero attached hydrogens (tertiary/aromatic N) is 1. The molecule has 1 rings (SSSR count). The van der Waals surface area contributed by atoms with Crippen LogP contribution in [0.2, 0.25) is 0 Å². The van der Waals surface area contributed by atoms with Crippen molar-refractivity contribution in [1.29, 1.82) is 5.26 Å². The summed E-state index contributed by atoms with van der Waals surface area (Å²) in [6.07, 6.45) is 0.771. The van der Waals surface area contributed by atoms with Crippen LogP contribution in [0.25, 0.3) is 0 Å². The highest BCUT2D eigenvalue weighted by atomic mass is 16.5. The minimum atomic E-state index is -0.980. The fourth-order valence-electron chi connectivity index (χ4n) is 1.08. The summed E-state index contributed by atoms with van der Waals surface area (Å²) in [4.78, 5) is 22.4. The molecule has 0 aliphatic carbocycles. The van der Waals surface area contributed by atoms with Crippen molar-refractivity contribution >= 4 is 11.8 Å². The first-order chi connectivity index (χ1) is 8.08. The number of ketones is 1. The number of methoxy groups -OCH3 is 1. The van der Waals surface area contributed by atoms with Crippen LogP contribution in [0.5, 0.6) is 0 Å². The predicted octanol–water partition coefficient (Wildman–Crippen LogP) is 1.36. The minimum absolute atomic E-state index is 0.263. The van der Waals surface area contributed by atoms with Crippen molar-refractivity contribution in [2.75, 3.05) is 7.11 Å². The van der Waals surface area contributed by atoms with E-state index in [9.17, 15) is 9.59 Å². The standard InChI is InChI=1S/C12H9NO4/c1-17-12(16)11(15)6-10(14)9-4-2-8(7-13)3-5-9/h2-6,15H,1H3. The Balaban J connectivity index is 2.90. The third-order valence-electron chi connectivity index (χ3n) is 1.96. The van der Waals surface area contributed by atoms with Crippen LogP contribution in [0.4, 0.5) is 0 Å². The first kappa shape index (κ1) is 12.5. The fourth-order valence-corrected chi connectivity index (χ4v) is 1.08. The Morgan fingerprint density at radius 2 is 1.94 bits per heavy atom. The maximum Gasteiger partial charge on any atom is 0.373 e. The third-order valence-corrected chi connectivity index (χ3v) is 1.96. The number of ether oxygens (including phenoxy) is 1. The molecule has 0 spiro atoms. The molecule has 0 saturated heterocycles. The van der Waals surface area contributed by atoms with Crippen LogP contribution in [-0.2, 0) is 9.53 Å². The van der Waals surface area contributed by atoms with Gasteiger partial charge in [0, 0.05) is 11.6 Å². The highest BCUT2D eigenvalue weighted by Gasteiger charge is 2.10. The molecule has 0 saturated carbocycles. The van der Waals surface area contributed by atoms with Crippen LogP contribution < -0.4 is 0 Å². The molecule has 86 valence electrons. The number of allylic oxidation sites excluding steroid dienone is 1. The molecule has 0 heterocycles. The molecular formula is C12H9NO4. The minimum Gasteiger partial charge on any atom is -0.502 e. The summed E-state index contributed by atoms with van der Waals surface area (Å²) in [5.74, 6) is -2.29. The number of hydrogen-bond acceptors (Lipinski definition) is 5. The number of nitriles is 1. The highest BCUT2D eigenvalue weighted by molar-refractivity contribution is 6.07. The number of esters is 1. The summed E-state index contributed by atoms with van der Waals surface area (Å²) in [5.41, 5.74) is 0.683. The molecule has 5 heteroatoms. The van der Waals surface area contributed by atoms with Gasteiger partial charge in [0.1, 0.15) is 0 Å². The number of carbonyl (C=O) groups excluding carboxylic acids is 2. The van der Waals surface area contributed by atoms with Crippen LogP contribution in [0.1, 0.15) is 15.9 Å². The van der Waals surface area contributed by atoms with Crippen molar-refractivity contribution < 1.29 is 19.4 Å². The van der Waals surface area contributed by atoms with Gasteiger partial charge < -0.3 is 9.84 Å². The van der Waals surface area contributed by atoms with Crippen molar-refractivity contribution in [1.82, 2.24) is 0 Å². The smallest absolute Gasteiger partial charge is 0.373 e. The van der Waals surface area contributed by atoms with Crippen molar-refractivity contribution in [3.05, 3.63) is 47.2 Å². The molecule has 0 aromatic heterocycles. The van der Waals surface area contributed by atoms with Gasteiger partial charge in [-0.25, -0.2) is 4.79 Å². The van der Waals surface area contributed by atoms with Gasteiger partial charge in [0.2, 0.25) is 5.76 Å². The van der Waals surface area contributed by atoms with Crippen LogP contribution in [0, 0.1) is 11.3 Å². The lowest BCUT2D eigenvalue weighted by molar-refractivity contribution is -0.139. The Hall–Kier alpha value is -2.61. The lowest BCUT2D eigenvalue weighted by Crippen LogP contribution is -2.06. The summed E-state index contributed by atoms with van der Waals surface area (Å²) in [6.45, 7) is 0. The second-order valence-electron chi connectivity index (χ2n) is 3.07. The van der Waals surface area contributed by atoms with Gasteiger partial charge in [-0.15, -0.1) is 0 Å². The van der Waals surface area contributed by atoms with Gasteiger partial charge in [-0.2, -0.15) is 5.26 Å². The second-order valence-corrected chi connectivity index (χ2v) is 3.07. The molecule has 1 aromatic carbocycles. The summed E-state index contributed by atoms with van der Waals surface area (Å²) in [5, 5.41) is 17.7. The molecule has 0 aliphatic rings. The van der Waals surface area contributed by atoms with E-state index in [4.69, 9.17) is 10.4 Å². The first-order valence-corrected chi connectivity index (χ1v) is 4.62. The first-order valence-electron chi connectivity index (χ1n) is 4.62. The highest BCUT2D eigenvalue weighted by Crippen LogP contribution is 2.06. The summed E-state index contributed by atoms with van der Waals surface area (Å²) >= 11 is 0.